The van der Waals surface area contributed by atoms with Gasteiger partial charge in [-0.05, 0) is 12.1 Å². The Morgan fingerprint density at radius 3 is 3.06 bits per heavy atom. The third-order valence-electron chi connectivity index (χ3n) is 1.99. The molecule has 0 heterocycles. The van der Waals surface area contributed by atoms with Crippen molar-refractivity contribution in [2.45, 2.75) is 0 Å². The van der Waals surface area contributed by atoms with E-state index in [4.69, 9.17) is 23.8 Å². The molecule has 0 spiro atoms. The van der Waals surface area contributed by atoms with Crippen LogP contribution in [0.5, 0.6) is 0 Å². The highest BCUT2D eigenvalue weighted by atomic mass is 35.5. The van der Waals surface area contributed by atoms with E-state index in [2.05, 4.69) is 11.2 Å². The number of nitrogen functional groups attached to an aromatic ring is 1. The molecule has 0 aliphatic heterocycles. The number of thioether (sulfide) groups is 1. The van der Waals surface area contributed by atoms with Gasteiger partial charge in [-0.15, -0.1) is 18.2 Å². The highest BCUT2D eigenvalue weighted by Gasteiger charge is 2.10. The Hall–Kier alpha value is -1.31. The smallest absolute Gasteiger partial charge is 0.252 e. The van der Waals surface area contributed by atoms with Crippen molar-refractivity contribution in [2.75, 3.05) is 23.8 Å². The van der Waals surface area contributed by atoms with Gasteiger partial charge >= 0.3 is 0 Å². The lowest BCUT2D eigenvalue weighted by atomic mass is 10.2. The Morgan fingerprint density at radius 1 is 1.59 bits per heavy atom. The molecular formula is C12H13ClN2OS. The molecule has 0 fully saturated rings. The van der Waals surface area contributed by atoms with Gasteiger partial charge < -0.3 is 11.1 Å². The van der Waals surface area contributed by atoms with Crippen LogP contribution in [0.15, 0.2) is 18.2 Å². The number of rotatable bonds is 5. The van der Waals surface area contributed by atoms with E-state index in [1.807, 2.05) is 0 Å². The molecule has 1 rings (SSSR count). The van der Waals surface area contributed by atoms with Crippen LogP contribution in [0.3, 0.4) is 0 Å². The van der Waals surface area contributed by atoms with Gasteiger partial charge in [-0.3, -0.25) is 4.79 Å². The van der Waals surface area contributed by atoms with Crippen LogP contribution in [-0.4, -0.2) is 24.0 Å². The lowest BCUT2D eigenvalue weighted by molar-refractivity contribution is 0.0956. The average Bonchev–Trinajstić information content (AvgIpc) is 2.32. The van der Waals surface area contributed by atoms with E-state index in [1.165, 1.54) is 0 Å². The molecule has 0 bridgehead atoms. The quantitative estimate of drug-likeness (QED) is 0.488. The summed E-state index contributed by atoms with van der Waals surface area (Å²) in [5.74, 6) is 3.72. The number of nitrogens with one attached hydrogen (secondary N) is 1. The second-order valence-corrected chi connectivity index (χ2v) is 4.70. The van der Waals surface area contributed by atoms with Gasteiger partial charge in [-0.1, -0.05) is 23.6 Å². The van der Waals surface area contributed by atoms with Crippen molar-refractivity contribution >= 4 is 35.0 Å². The maximum atomic E-state index is 11.7. The highest BCUT2D eigenvalue weighted by molar-refractivity contribution is 7.99. The third-order valence-corrected chi connectivity index (χ3v) is 3.28. The van der Waals surface area contributed by atoms with E-state index < -0.39 is 0 Å². The van der Waals surface area contributed by atoms with Crippen molar-refractivity contribution in [3.63, 3.8) is 0 Å². The number of hydrogen-bond donors (Lipinski definition) is 2. The molecule has 0 atom stereocenters. The lowest BCUT2D eigenvalue weighted by Crippen LogP contribution is -2.26. The molecule has 1 aromatic rings. The molecule has 0 aliphatic rings. The number of nitrogens with two attached hydrogens (primary N) is 1. The molecule has 0 saturated carbocycles. The summed E-state index contributed by atoms with van der Waals surface area (Å²) in [7, 11) is 0. The van der Waals surface area contributed by atoms with Crippen molar-refractivity contribution in [1.82, 2.24) is 5.32 Å². The largest absolute Gasteiger partial charge is 0.398 e. The van der Waals surface area contributed by atoms with Crippen LogP contribution < -0.4 is 11.1 Å². The molecular weight excluding hydrogens is 256 g/mol. The minimum Gasteiger partial charge on any atom is -0.398 e. The van der Waals surface area contributed by atoms with E-state index in [0.717, 1.165) is 5.75 Å². The maximum Gasteiger partial charge on any atom is 0.252 e. The fourth-order valence-electron chi connectivity index (χ4n) is 1.19. The van der Waals surface area contributed by atoms with Gasteiger partial charge in [0.2, 0.25) is 0 Å². The van der Waals surface area contributed by atoms with Crippen LogP contribution in [0.25, 0.3) is 0 Å². The summed E-state index contributed by atoms with van der Waals surface area (Å²) < 4.78 is 0. The third kappa shape index (κ3) is 4.22. The van der Waals surface area contributed by atoms with Crippen LogP contribution in [0.4, 0.5) is 5.69 Å². The molecule has 90 valence electrons. The topological polar surface area (TPSA) is 55.1 Å². The number of carbonyl (C=O) groups excluding carboxylic acids is 1. The van der Waals surface area contributed by atoms with Crippen LogP contribution >= 0.6 is 23.4 Å². The summed E-state index contributed by atoms with van der Waals surface area (Å²) in [4.78, 5) is 11.7. The summed E-state index contributed by atoms with van der Waals surface area (Å²) in [6.07, 6.45) is 5.11. The SMILES string of the molecule is C#CCSCCNC(=O)c1cccc(N)c1Cl. The second-order valence-electron chi connectivity index (χ2n) is 3.22. The van der Waals surface area contributed by atoms with Gasteiger partial charge in [0.15, 0.2) is 0 Å². The Morgan fingerprint density at radius 2 is 2.35 bits per heavy atom. The van der Waals surface area contributed by atoms with E-state index in [9.17, 15) is 4.79 Å². The minimum absolute atomic E-state index is 0.219. The Labute approximate surface area is 110 Å². The number of amides is 1. The molecule has 1 amide bonds. The fraction of sp³-hybridized carbons (Fsp3) is 0.250. The number of hydrogen-bond acceptors (Lipinski definition) is 3. The summed E-state index contributed by atoms with van der Waals surface area (Å²) in [6.45, 7) is 0.552. The van der Waals surface area contributed by atoms with Gasteiger partial charge in [0.25, 0.3) is 5.91 Å². The van der Waals surface area contributed by atoms with Gasteiger partial charge in [0.05, 0.1) is 22.0 Å². The zero-order chi connectivity index (χ0) is 12.7. The summed E-state index contributed by atoms with van der Waals surface area (Å²) in [5, 5.41) is 3.05. The van der Waals surface area contributed by atoms with Crippen LogP contribution in [0.1, 0.15) is 10.4 Å². The molecule has 3 nitrogen and oxygen atoms in total. The fourth-order valence-corrected chi connectivity index (χ4v) is 1.91. The highest BCUT2D eigenvalue weighted by Crippen LogP contribution is 2.22. The summed E-state index contributed by atoms with van der Waals surface area (Å²) in [5.41, 5.74) is 6.42. The Bertz CT molecular complexity index is 443. The lowest BCUT2D eigenvalue weighted by Gasteiger charge is -2.07. The number of carbonyl (C=O) groups is 1. The van der Waals surface area contributed by atoms with Crippen LogP contribution in [0.2, 0.25) is 5.02 Å². The zero-order valence-electron chi connectivity index (χ0n) is 9.20. The number of halogens is 1. The molecule has 5 heteroatoms. The van der Waals surface area contributed by atoms with Gasteiger partial charge in [-0.2, -0.15) is 0 Å². The number of anilines is 1. The Balaban J connectivity index is 2.48. The van der Waals surface area contributed by atoms with Crippen LogP contribution in [-0.2, 0) is 0 Å². The standard InChI is InChI=1S/C12H13ClN2OS/c1-2-7-17-8-6-15-12(16)9-4-3-5-10(14)11(9)13/h1,3-5H,6-8,14H2,(H,15,16). The minimum atomic E-state index is -0.219. The van der Waals surface area contributed by atoms with Gasteiger partial charge in [0, 0.05) is 12.3 Å². The zero-order valence-corrected chi connectivity index (χ0v) is 10.8. The second kappa shape index (κ2) is 7.10. The summed E-state index contributed by atoms with van der Waals surface area (Å²) in [6, 6.07) is 4.99. The van der Waals surface area contributed by atoms with Crippen molar-refractivity contribution in [2.24, 2.45) is 0 Å². The molecule has 1 aromatic carbocycles. The van der Waals surface area contributed by atoms with Gasteiger partial charge in [-0.25, -0.2) is 0 Å². The molecule has 0 aliphatic carbocycles. The predicted octanol–water partition coefficient (Wildman–Crippen LogP) is 2.02. The molecule has 0 aromatic heterocycles. The average molecular weight is 269 g/mol. The molecule has 3 N–H and O–H groups in total. The van der Waals surface area contributed by atoms with Crippen molar-refractivity contribution in [3.05, 3.63) is 28.8 Å². The van der Waals surface area contributed by atoms with E-state index in [1.54, 1.807) is 30.0 Å². The maximum absolute atomic E-state index is 11.7. The molecule has 0 unspecified atom stereocenters. The van der Waals surface area contributed by atoms with Crippen molar-refractivity contribution in [1.29, 1.82) is 0 Å². The predicted molar refractivity (Wildman–Crippen MR) is 74.4 cm³/mol. The van der Waals surface area contributed by atoms with E-state index >= 15 is 0 Å². The molecule has 0 saturated heterocycles. The van der Waals surface area contributed by atoms with E-state index in [0.29, 0.717) is 28.6 Å². The number of benzene rings is 1. The monoisotopic (exact) mass is 268 g/mol. The van der Waals surface area contributed by atoms with Crippen LogP contribution in [0, 0.1) is 12.3 Å². The molecule has 17 heavy (non-hydrogen) atoms. The first-order valence-corrected chi connectivity index (χ1v) is 6.53. The normalized spacial score (nSPS) is 9.65. The van der Waals surface area contributed by atoms with Gasteiger partial charge in [0.1, 0.15) is 0 Å². The molecule has 0 radical (unpaired) electrons. The number of terminal acetylenes is 1. The van der Waals surface area contributed by atoms with Crippen molar-refractivity contribution < 1.29 is 4.79 Å². The first kappa shape index (κ1) is 13.8. The summed E-state index contributed by atoms with van der Waals surface area (Å²) >= 11 is 7.52. The first-order chi connectivity index (χ1) is 8.16. The van der Waals surface area contributed by atoms with E-state index in [-0.39, 0.29) is 5.91 Å². The van der Waals surface area contributed by atoms with Crippen molar-refractivity contribution in [3.8, 4) is 12.3 Å². The first-order valence-electron chi connectivity index (χ1n) is 5.00. The Kier molecular flexibility index (Phi) is 5.75.